The van der Waals surface area contributed by atoms with Gasteiger partial charge in [0.1, 0.15) is 5.82 Å². The first-order chi connectivity index (χ1) is 16.6. The first-order valence-electron chi connectivity index (χ1n) is 11.8. The van der Waals surface area contributed by atoms with E-state index in [1.165, 1.54) is 0 Å². The second kappa shape index (κ2) is 11.8. The Bertz CT molecular complexity index is 1080. The zero-order valence-electron chi connectivity index (χ0n) is 19.5. The molecule has 0 radical (unpaired) electrons. The van der Waals surface area contributed by atoms with Crippen LogP contribution in [0.15, 0.2) is 64.1 Å². The van der Waals surface area contributed by atoms with E-state index < -0.39 is 0 Å². The quantitative estimate of drug-likeness (QED) is 0.279. The number of hydrogen-bond acceptors (Lipinski definition) is 5. The van der Waals surface area contributed by atoms with Crippen molar-refractivity contribution in [2.45, 2.75) is 25.7 Å². The topological polar surface area (TPSA) is 88.9 Å². The van der Waals surface area contributed by atoms with Crippen LogP contribution in [0.2, 0.25) is 0 Å². The van der Waals surface area contributed by atoms with Gasteiger partial charge in [-0.15, -0.1) is 0 Å². The molecule has 8 heteroatoms. The number of aliphatic imine (C=N–C) groups is 1. The molecule has 1 unspecified atom stereocenters. The highest BCUT2D eigenvalue weighted by Gasteiger charge is 2.14. The average Bonchev–Trinajstić information content (AvgIpc) is 3.29. The largest absolute Gasteiger partial charge is 0.379 e. The second-order valence-electron chi connectivity index (χ2n) is 8.59. The molecule has 4 rings (SSSR count). The zero-order chi connectivity index (χ0) is 23.8. The maximum absolute atomic E-state index is 14.7. The molecule has 0 aliphatic carbocycles. The van der Waals surface area contributed by atoms with Crippen molar-refractivity contribution in [2.75, 3.05) is 44.7 Å². The van der Waals surface area contributed by atoms with Crippen molar-refractivity contribution < 1.29 is 13.7 Å². The highest BCUT2D eigenvalue weighted by molar-refractivity contribution is 5.90. The molecule has 3 N–H and O–H groups in total. The molecule has 1 fully saturated rings. The minimum Gasteiger partial charge on any atom is -0.379 e. The van der Waals surface area contributed by atoms with Crippen molar-refractivity contribution in [3.05, 3.63) is 71.7 Å². The number of ether oxygens (including phenoxy) is 1. The van der Waals surface area contributed by atoms with Crippen LogP contribution in [0.25, 0.3) is 11.1 Å². The monoisotopic (exact) mass is 465 g/mol. The number of morpholine rings is 1. The number of hydrogen-bond donors (Lipinski definition) is 2. The molecule has 0 saturated carbocycles. The van der Waals surface area contributed by atoms with Gasteiger partial charge in [0.15, 0.2) is 5.96 Å². The van der Waals surface area contributed by atoms with E-state index in [-0.39, 0.29) is 11.7 Å². The Morgan fingerprint density at radius 1 is 1.18 bits per heavy atom. The van der Waals surface area contributed by atoms with E-state index in [1.54, 1.807) is 12.1 Å². The molecular weight excluding hydrogens is 433 g/mol. The van der Waals surface area contributed by atoms with Crippen molar-refractivity contribution in [1.29, 1.82) is 0 Å². The van der Waals surface area contributed by atoms with Crippen molar-refractivity contribution in [3.63, 3.8) is 0 Å². The van der Waals surface area contributed by atoms with Gasteiger partial charge in [0, 0.05) is 37.8 Å². The fourth-order valence-corrected chi connectivity index (χ4v) is 4.07. The van der Waals surface area contributed by atoms with Crippen LogP contribution in [-0.2, 0) is 11.2 Å². The molecular formula is C26H32FN5O2. The summed E-state index contributed by atoms with van der Waals surface area (Å²) in [6, 6.07) is 16.8. The van der Waals surface area contributed by atoms with E-state index in [0.29, 0.717) is 30.4 Å². The smallest absolute Gasteiger partial charge is 0.231 e. The molecule has 180 valence electrons. The maximum atomic E-state index is 14.7. The van der Waals surface area contributed by atoms with Gasteiger partial charge < -0.3 is 15.0 Å². The van der Waals surface area contributed by atoms with Crippen LogP contribution in [0.1, 0.15) is 30.5 Å². The highest BCUT2D eigenvalue weighted by atomic mass is 19.1. The Morgan fingerprint density at radius 2 is 1.97 bits per heavy atom. The van der Waals surface area contributed by atoms with Crippen LogP contribution in [0, 0.1) is 5.82 Å². The van der Waals surface area contributed by atoms with E-state index in [1.807, 2.05) is 49.4 Å². The van der Waals surface area contributed by atoms with Crippen LogP contribution in [0.5, 0.6) is 0 Å². The fraction of sp³-hybridized carbons (Fsp3) is 0.385. The SMILES string of the molecule is CC(Cc1cc(NC(N)=NCCCN2CCOCC2)on1)c1ccc(-c2ccccc2)c(F)c1. The van der Waals surface area contributed by atoms with E-state index in [4.69, 9.17) is 15.0 Å². The molecule has 1 aromatic heterocycles. The van der Waals surface area contributed by atoms with Crippen LogP contribution in [0.4, 0.5) is 10.3 Å². The minimum absolute atomic E-state index is 0.0727. The zero-order valence-corrected chi connectivity index (χ0v) is 19.5. The molecule has 3 aromatic rings. The third-order valence-electron chi connectivity index (χ3n) is 5.99. The molecule has 0 spiro atoms. The van der Waals surface area contributed by atoms with Gasteiger partial charge in [0.05, 0.1) is 18.9 Å². The summed E-state index contributed by atoms with van der Waals surface area (Å²) in [5.74, 6) is 0.595. The van der Waals surface area contributed by atoms with Crippen molar-refractivity contribution in [2.24, 2.45) is 10.7 Å². The normalized spacial score (nSPS) is 15.9. The Kier molecular flexibility index (Phi) is 8.27. The third-order valence-corrected chi connectivity index (χ3v) is 5.99. The number of anilines is 1. The van der Waals surface area contributed by atoms with E-state index in [0.717, 1.165) is 56.1 Å². The summed E-state index contributed by atoms with van der Waals surface area (Å²) in [5, 5.41) is 7.07. The lowest BCUT2D eigenvalue weighted by molar-refractivity contribution is 0.0377. The number of nitrogens with two attached hydrogens (primary N) is 1. The molecule has 1 aliphatic rings. The van der Waals surface area contributed by atoms with Gasteiger partial charge in [-0.25, -0.2) is 4.39 Å². The second-order valence-corrected chi connectivity index (χ2v) is 8.59. The number of halogens is 1. The molecule has 2 aromatic carbocycles. The lowest BCUT2D eigenvalue weighted by atomic mass is 9.94. The molecule has 7 nitrogen and oxygen atoms in total. The van der Waals surface area contributed by atoms with E-state index >= 15 is 0 Å². The maximum Gasteiger partial charge on any atom is 0.231 e. The Balaban J connectivity index is 1.27. The Labute approximate surface area is 199 Å². The van der Waals surface area contributed by atoms with E-state index in [2.05, 4.69) is 20.4 Å². The summed E-state index contributed by atoms with van der Waals surface area (Å²) in [6.45, 7) is 7.21. The fourth-order valence-electron chi connectivity index (χ4n) is 4.07. The Hall–Kier alpha value is -3.23. The van der Waals surface area contributed by atoms with Gasteiger partial charge in [0.2, 0.25) is 5.88 Å². The molecule has 1 atom stereocenters. The summed E-state index contributed by atoms with van der Waals surface area (Å²) in [6.07, 6.45) is 1.55. The molecule has 0 amide bonds. The number of nitrogens with zero attached hydrogens (tertiary/aromatic N) is 3. The van der Waals surface area contributed by atoms with Crippen LogP contribution < -0.4 is 11.1 Å². The first kappa shape index (κ1) is 23.9. The number of guanidine groups is 1. The van der Waals surface area contributed by atoms with Gasteiger partial charge in [-0.2, -0.15) is 0 Å². The number of nitrogens with one attached hydrogen (secondary N) is 1. The van der Waals surface area contributed by atoms with Crippen LogP contribution in [0.3, 0.4) is 0 Å². The lowest BCUT2D eigenvalue weighted by Gasteiger charge is -2.26. The molecule has 1 saturated heterocycles. The van der Waals surface area contributed by atoms with Gasteiger partial charge in [-0.1, -0.05) is 54.5 Å². The number of benzene rings is 2. The van der Waals surface area contributed by atoms with Gasteiger partial charge in [-0.3, -0.25) is 15.2 Å². The van der Waals surface area contributed by atoms with Crippen molar-refractivity contribution >= 4 is 11.8 Å². The molecule has 34 heavy (non-hydrogen) atoms. The minimum atomic E-state index is -0.226. The van der Waals surface area contributed by atoms with E-state index in [9.17, 15) is 4.39 Å². The number of rotatable bonds is 9. The molecule has 2 heterocycles. The number of aromatic nitrogens is 1. The predicted molar refractivity (Wildman–Crippen MR) is 132 cm³/mol. The summed E-state index contributed by atoms with van der Waals surface area (Å²) in [5.41, 5.74) is 9.13. The van der Waals surface area contributed by atoms with Gasteiger partial charge in [-0.05, 0) is 36.0 Å². The highest BCUT2D eigenvalue weighted by Crippen LogP contribution is 2.28. The van der Waals surface area contributed by atoms with Crippen LogP contribution in [-0.4, -0.2) is 55.4 Å². The van der Waals surface area contributed by atoms with Crippen LogP contribution >= 0.6 is 0 Å². The standard InChI is InChI=1S/C26H32FN5O2/c1-19(21-8-9-23(24(27)17-21)20-6-3-2-4-7-20)16-22-18-25(34-31-22)30-26(28)29-10-5-11-32-12-14-33-15-13-32/h2-4,6-9,17-19H,5,10-16H2,1H3,(H3,28,29,30). The van der Waals surface area contributed by atoms with Gasteiger partial charge >= 0.3 is 0 Å². The summed E-state index contributed by atoms with van der Waals surface area (Å²) in [4.78, 5) is 6.73. The average molecular weight is 466 g/mol. The van der Waals surface area contributed by atoms with Crippen molar-refractivity contribution in [1.82, 2.24) is 10.1 Å². The summed E-state index contributed by atoms with van der Waals surface area (Å²) in [7, 11) is 0. The summed E-state index contributed by atoms with van der Waals surface area (Å²) >= 11 is 0. The lowest BCUT2D eigenvalue weighted by Crippen LogP contribution is -2.37. The Morgan fingerprint density at radius 3 is 2.74 bits per heavy atom. The van der Waals surface area contributed by atoms with Gasteiger partial charge in [0.25, 0.3) is 0 Å². The summed E-state index contributed by atoms with van der Waals surface area (Å²) < 4.78 is 25.4. The first-order valence-corrected chi connectivity index (χ1v) is 11.8. The third kappa shape index (κ3) is 6.65. The molecule has 1 aliphatic heterocycles. The molecule has 0 bridgehead atoms. The van der Waals surface area contributed by atoms with Crippen molar-refractivity contribution in [3.8, 4) is 11.1 Å². The predicted octanol–water partition coefficient (Wildman–Crippen LogP) is 4.28.